The number of nitrogens with one attached hydrogen (secondary N) is 1. The molecule has 0 aromatic heterocycles. The minimum atomic E-state index is -0.0688. The topological polar surface area (TPSA) is 38.3 Å². The molecule has 0 saturated heterocycles. The average Bonchev–Trinajstić information content (AvgIpc) is 2.72. The van der Waals surface area contributed by atoms with E-state index in [0.29, 0.717) is 17.9 Å². The van der Waals surface area contributed by atoms with Gasteiger partial charge in [0, 0.05) is 11.6 Å². The SMILES string of the molecule is C[C@@H](CCc1ccccc1)NC(=O)c1cccc(OCc2ccccc2)c1. The Bertz CT molecular complexity index is 847. The number of rotatable bonds is 8. The van der Waals surface area contributed by atoms with Crippen LogP contribution in [-0.4, -0.2) is 11.9 Å². The van der Waals surface area contributed by atoms with Gasteiger partial charge in [-0.2, -0.15) is 0 Å². The van der Waals surface area contributed by atoms with Crippen molar-refractivity contribution in [3.8, 4) is 5.75 Å². The number of carbonyl (C=O) groups is 1. The normalized spacial score (nSPS) is 11.6. The summed E-state index contributed by atoms with van der Waals surface area (Å²) in [4.78, 5) is 12.5. The molecule has 27 heavy (non-hydrogen) atoms. The third kappa shape index (κ3) is 6.00. The van der Waals surface area contributed by atoms with Gasteiger partial charge in [-0.1, -0.05) is 66.7 Å². The number of hydrogen-bond donors (Lipinski definition) is 1. The molecule has 0 heterocycles. The highest BCUT2D eigenvalue weighted by molar-refractivity contribution is 5.94. The van der Waals surface area contributed by atoms with E-state index < -0.39 is 0 Å². The summed E-state index contributed by atoms with van der Waals surface area (Å²) in [5.74, 6) is 0.629. The molecule has 1 N–H and O–H groups in total. The van der Waals surface area contributed by atoms with Crippen LogP contribution in [0, 0.1) is 0 Å². The van der Waals surface area contributed by atoms with Crippen LogP contribution in [0.3, 0.4) is 0 Å². The minimum Gasteiger partial charge on any atom is -0.489 e. The number of aryl methyl sites for hydroxylation is 1. The molecule has 0 bridgehead atoms. The molecule has 3 nitrogen and oxygen atoms in total. The minimum absolute atomic E-state index is 0.0688. The summed E-state index contributed by atoms with van der Waals surface area (Å²) >= 11 is 0. The van der Waals surface area contributed by atoms with Crippen molar-refractivity contribution < 1.29 is 9.53 Å². The van der Waals surface area contributed by atoms with Gasteiger partial charge in [0.2, 0.25) is 0 Å². The Kier molecular flexibility index (Phi) is 6.64. The largest absolute Gasteiger partial charge is 0.489 e. The van der Waals surface area contributed by atoms with E-state index in [1.54, 1.807) is 6.07 Å². The molecule has 0 aliphatic rings. The smallest absolute Gasteiger partial charge is 0.251 e. The van der Waals surface area contributed by atoms with E-state index in [-0.39, 0.29) is 11.9 Å². The number of ether oxygens (including phenoxy) is 1. The molecule has 0 aliphatic carbocycles. The molecule has 0 saturated carbocycles. The molecule has 3 aromatic rings. The lowest BCUT2D eigenvalue weighted by Gasteiger charge is -2.14. The van der Waals surface area contributed by atoms with Crippen molar-refractivity contribution in [2.24, 2.45) is 0 Å². The van der Waals surface area contributed by atoms with Crippen molar-refractivity contribution in [2.75, 3.05) is 0 Å². The molecule has 0 spiro atoms. The molecule has 3 aromatic carbocycles. The summed E-state index contributed by atoms with van der Waals surface area (Å²) in [6, 6.07) is 27.7. The highest BCUT2D eigenvalue weighted by atomic mass is 16.5. The maximum atomic E-state index is 12.5. The monoisotopic (exact) mass is 359 g/mol. The van der Waals surface area contributed by atoms with E-state index in [0.717, 1.165) is 18.4 Å². The molecule has 1 atom stereocenters. The summed E-state index contributed by atoms with van der Waals surface area (Å²) in [5.41, 5.74) is 3.00. The Morgan fingerprint density at radius 2 is 1.56 bits per heavy atom. The van der Waals surface area contributed by atoms with Crippen LogP contribution in [0.5, 0.6) is 5.75 Å². The standard InChI is InChI=1S/C24H25NO2/c1-19(15-16-20-9-4-2-5-10-20)25-24(26)22-13-8-14-23(17-22)27-18-21-11-6-3-7-12-21/h2-14,17,19H,15-16,18H2,1H3,(H,25,26)/t19-/m0/s1. The average molecular weight is 359 g/mol. The Labute approximate surface area is 161 Å². The van der Waals surface area contributed by atoms with E-state index in [1.807, 2.05) is 73.7 Å². The predicted octanol–water partition coefficient (Wildman–Crippen LogP) is 5.02. The zero-order valence-electron chi connectivity index (χ0n) is 15.6. The molecule has 0 radical (unpaired) electrons. The lowest BCUT2D eigenvalue weighted by Crippen LogP contribution is -2.32. The van der Waals surface area contributed by atoms with E-state index in [2.05, 4.69) is 17.4 Å². The molecule has 138 valence electrons. The van der Waals surface area contributed by atoms with Crippen LogP contribution in [0.4, 0.5) is 0 Å². The fraction of sp³-hybridized carbons (Fsp3) is 0.208. The van der Waals surface area contributed by atoms with Crippen LogP contribution >= 0.6 is 0 Å². The first-order valence-electron chi connectivity index (χ1n) is 9.32. The summed E-state index contributed by atoms with van der Waals surface area (Å²) in [6.45, 7) is 2.52. The number of carbonyl (C=O) groups excluding carboxylic acids is 1. The molecule has 1 amide bonds. The maximum absolute atomic E-state index is 12.5. The highest BCUT2D eigenvalue weighted by Gasteiger charge is 2.11. The number of hydrogen-bond acceptors (Lipinski definition) is 2. The van der Waals surface area contributed by atoms with Gasteiger partial charge in [-0.25, -0.2) is 0 Å². The molecule has 3 rings (SSSR count). The third-order valence-corrected chi connectivity index (χ3v) is 4.43. The van der Waals surface area contributed by atoms with E-state index in [9.17, 15) is 4.79 Å². The lowest BCUT2D eigenvalue weighted by molar-refractivity contribution is 0.0938. The van der Waals surface area contributed by atoms with Crippen molar-refractivity contribution in [3.63, 3.8) is 0 Å². The second-order valence-electron chi connectivity index (χ2n) is 6.70. The molecular formula is C24H25NO2. The van der Waals surface area contributed by atoms with Crippen LogP contribution < -0.4 is 10.1 Å². The quantitative estimate of drug-likeness (QED) is 0.613. The molecular weight excluding hydrogens is 334 g/mol. The Morgan fingerprint density at radius 3 is 2.26 bits per heavy atom. The molecule has 3 heteroatoms. The van der Waals surface area contributed by atoms with Gasteiger partial charge >= 0.3 is 0 Å². The van der Waals surface area contributed by atoms with Crippen molar-refractivity contribution in [1.82, 2.24) is 5.32 Å². The predicted molar refractivity (Wildman–Crippen MR) is 109 cm³/mol. The van der Waals surface area contributed by atoms with Gasteiger partial charge in [0.25, 0.3) is 5.91 Å². The van der Waals surface area contributed by atoms with Crippen LogP contribution in [0.2, 0.25) is 0 Å². The van der Waals surface area contributed by atoms with Gasteiger partial charge in [-0.15, -0.1) is 0 Å². The maximum Gasteiger partial charge on any atom is 0.251 e. The summed E-state index contributed by atoms with van der Waals surface area (Å²) < 4.78 is 5.81. The zero-order valence-corrected chi connectivity index (χ0v) is 15.6. The van der Waals surface area contributed by atoms with Crippen molar-refractivity contribution in [2.45, 2.75) is 32.4 Å². The second kappa shape index (κ2) is 9.58. The summed E-state index contributed by atoms with van der Waals surface area (Å²) in [5, 5.41) is 3.07. The first-order valence-corrected chi connectivity index (χ1v) is 9.32. The number of amides is 1. The van der Waals surface area contributed by atoms with Crippen LogP contribution in [0.1, 0.15) is 34.8 Å². The van der Waals surface area contributed by atoms with Crippen LogP contribution in [-0.2, 0) is 13.0 Å². The van der Waals surface area contributed by atoms with Gasteiger partial charge < -0.3 is 10.1 Å². The first kappa shape index (κ1) is 18.7. The van der Waals surface area contributed by atoms with Gasteiger partial charge in [0.1, 0.15) is 12.4 Å². The lowest BCUT2D eigenvalue weighted by atomic mass is 10.1. The fourth-order valence-corrected chi connectivity index (χ4v) is 2.88. The second-order valence-corrected chi connectivity index (χ2v) is 6.70. The Morgan fingerprint density at radius 1 is 0.889 bits per heavy atom. The number of benzene rings is 3. The van der Waals surface area contributed by atoms with E-state index in [4.69, 9.17) is 4.74 Å². The molecule has 0 unspecified atom stereocenters. The van der Waals surface area contributed by atoms with Crippen molar-refractivity contribution >= 4 is 5.91 Å². The van der Waals surface area contributed by atoms with Gasteiger partial charge in [-0.05, 0) is 49.1 Å². The zero-order chi connectivity index (χ0) is 18.9. The highest BCUT2D eigenvalue weighted by Crippen LogP contribution is 2.16. The van der Waals surface area contributed by atoms with Gasteiger partial charge in [0.05, 0.1) is 0 Å². The first-order chi connectivity index (χ1) is 13.2. The summed E-state index contributed by atoms with van der Waals surface area (Å²) in [7, 11) is 0. The van der Waals surface area contributed by atoms with E-state index >= 15 is 0 Å². The summed E-state index contributed by atoms with van der Waals surface area (Å²) in [6.07, 6.45) is 1.85. The van der Waals surface area contributed by atoms with Crippen LogP contribution in [0.25, 0.3) is 0 Å². The van der Waals surface area contributed by atoms with Gasteiger partial charge in [0.15, 0.2) is 0 Å². The van der Waals surface area contributed by atoms with E-state index in [1.165, 1.54) is 5.56 Å². The molecule has 0 aliphatic heterocycles. The van der Waals surface area contributed by atoms with Crippen LogP contribution in [0.15, 0.2) is 84.9 Å². The third-order valence-electron chi connectivity index (χ3n) is 4.43. The fourth-order valence-electron chi connectivity index (χ4n) is 2.88. The Balaban J connectivity index is 1.51. The Hall–Kier alpha value is -3.07. The van der Waals surface area contributed by atoms with Crippen molar-refractivity contribution in [3.05, 3.63) is 102 Å². The van der Waals surface area contributed by atoms with Crippen molar-refractivity contribution in [1.29, 1.82) is 0 Å². The molecule has 0 fully saturated rings. The van der Waals surface area contributed by atoms with Gasteiger partial charge in [-0.3, -0.25) is 4.79 Å².